The highest BCUT2D eigenvalue weighted by Crippen LogP contribution is 2.23. The SMILES string of the molecule is O=C1OC(CI)CN1c1ccc(Br)cc1. The number of nitrogens with zero attached hydrogens (tertiary/aromatic N) is 1. The fourth-order valence-electron chi connectivity index (χ4n) is 1.43. The van der Waals surface area contributed by atoms with Gasteiger partial charge in [0.1, 0.15) is 6.10 Å². The summed E-state index contributed by atoms with van der Waals surface area (Å²) in [7, 11) is 0. The Morgan fingerprint density at radius 1 is 1.47 bits per heavy atom. The lowest BCUT2D eigenvalue weighted by Gasteiger charge is -2.12. The molecule has 0 aromatic heterocycles. The van der Waals surface area contributed by atoms with E-state index in [1.807, 2.05) is 24.3 Å². The van der Waals surface area contributed by atoms with Gasteiger partial charge in [0.2, 0.25) is 0 Å². The minimum absolute atomic E-state index is 0.0155. The van der Waals surface area contributed by atoms with Crippen molar-refractivity contribution in [2.45, 2.75) is 6.10 Å². The number of carbonyl (C=O) groups excluding carboxylic acids is 1. The topological polar surface area (TPSA) is 29.5 Å². The minimum Gasteiger partial charge on any atom is -0.443 e. The number of anilines is 1. The smallest absolute Gasteiger partial charge is 0.414 e. The summed E-state index contributed by atoms with van der Waals surface area (Å²) < 4.78 is 7.01. The third kappa shape index (κ3) is 2.44. The van der Waals surface area contributed by atoms with E-state index in [1.54, 1.807) is 4.90 Å². The third-order valence-corrected chi connectivity index (χ3v) is 3.70. The molecule has 3 nitrogen and oxygen atoms in total. The van der Waals surface area contributed by atoms with Crippen LogP contribution in [0.5, 0.6) is 0 Å². The zero-order chi connectivity index (χ0) is 10.8. The number of halogens is 2. The Hall–Kier alpha value is -0.300. The molecule has 0 N–H and O–H groups in total. The third-order valence-electron chi connectivity index (χ3n) is 2.18. The molecule has 15 heavy (non-hydrogen) atoms. The van der Waals surface area contributed by atoms with Crippen LogP contribution in [0.15, 0.2) is 28.7 Å². The van der Waals surface area contributed by atoms with Gasteiger partial charge in [0.05, 0.1) is 6.54 Å². The fraction of sp³-hybridized carbons (Fsp3) is 0.300. The lowest BCUT2D eigenvalue weighted by Crippen LogP contribution is -2.24. The number of carbonyl (C=O) groups is 1. The van der Waals surface area contributed by atoms with Crippen LogP contribution in [-0.4, -0.2) is 23.2 Å². The fourth-order valence-corrected chi connectivity index (χ4v) is 2.16. The molecule has 1 saturated heterocycles. The van der Waals surface area contributed by atoms with Gasteiger partial charge in [-0.25, -0.2) is 4.79 Å². The van der Waals surface area contributed by atoms with Gasteiger partial charge in [-0.3, -0.25) is 4.90 Å². The molecule has 1 atom stereocenters. The molecule has 1 aromatic carbocycles. The maximum absolute atomic E-state index is 11.5. The van der Waals surface area contributed by atoms with E-state index >= 15 is 0 Å². The van der Waals surface area contributed by atoms with Crippen LogP contribution >= 0.6 is 38.5 Å². The molecule has 1 unspecified atom stereocenters. The second-order valence-electron chi connectivity index (χ2n) is 3.25. The minimum atomic E-state index is -0.251. The molecule has 1 heterocycles. The van der Waals surface area contributed by atoms with E-state index in [9.17, 15) is 4.79 Å². The highest BCUT2D eigenvalue weighted by molar-refractivity contribution is 14.1. The second-order valence-corrected chi connectivity index (χ2v) is 5.04. The molecule has 0 bridgehead atoms. The van der Waals surface area contributed by atoms with Crippen LogP contribution in [0, 0.1) is 0 Å². The molecule has 5 heteroatoms. The Kier molecular flexibility index (Phi) is 3.50. The van der Waals surface area contributed by atoms with Gasteiger partial charge in [-0.15, -0.1) is 0 Å². The van der Waals surface area contributed by atoms with Crippen molar-refractivity contribution < 1.29 is 9.53 Å². The average Bonchev–Trinajstić information content (AvgIpc) is 2.61. The number of hydrogen-bond acceptors (Lipinski definition) is 2. The Bertz CT molecular complexity index is 368. The monoisotopic (exact) mass is 381 g/mol. The zero-order valence-corrected chi connectivity index (χ0v) is 11.6. The van der Waals surface area contributed by atoms with Gasteiger partial charge in [0.25, 0.3) is 0 Å². The average molecular weight is 382 g/mol. The quantitative estimate of drug-likeness (QED) is 0.581. The van der Waals surface area contributed by atoms with Crippen LogP contribution in [0.2, 0.25) is 0 Å². The largest absolute Gasteiger partial charge is 0.443 e. The van der Waals surface area contributed by atoms with Gasteiger partial charge in [-0.2, -0.15) is 0 Å². The molecular weight excluding hydrogens is 373 g/mol. The van der Waals surface area contributed by atoms with Gasteiger partial charge in [0.15, 0.2) is 0 Å². The lowest BCUT2D eigenvalue weighted by atomic mass is 10.3. The highest BCUT2D eigenvalue weighted by atomic mass is 127. The molecule has 0 aliphatic carbocycles. The summed E-state index contributed by atoms with van der Waals surface area (Å²) in [5, 5.41) is 0. The number of cyclic esters (lactones) is 1. The van der Waals surface area contributed by atoms with Crippen LogP contribution in [0.1, 0.15) is 0 Å². The van der Waals surface area contributed by atoms with Gasteiger partial charge in [-0.05, 0) is 24.3 Å². The molecule has 0 saturated carbocycles. The van der Waals surface area contributed by atoms with Crippen LogP contribution in [0.4, 0.5) is 10.5 Å². The van der Waals surface area contributed by atoms with Gasteiger partial charge < -0.3 is 4.74 Å². The molecule has 0 spiro atoms. The van der Waals surface area contributed by atoms with E-state index in [0.717, 1.165) is 14.6 Å². The predicted molar refractivity (Wildman–Crippen MR) is 70.6 cm³/mol. The van der Waals surface area contributed by atoms with Crippen molar-refractivity contribution >= 4 is 50.3 Å². The molecule has 0 radical (unpaired) electrons. The van der Waals surface area contributed by atoms with Crippen LogP contribution in [0.3, 0.4) is 0 Å². The lowest BCUT2D eigenvalue weighted by molar-refractivity contribution is 0.153. The molecule has 1 amide bonds. The number of amides is 1. The Morgan fingerprint density at radius 2 is 2.13 bits per heavy atom. The number of rotatable bonds is 2. The molecule has 1 aliphatic heterocycles. The van der Waals surface area contributed by atoms with E-state index in [4.69, 9.17) is 4.74 Å². The molecule has 1 fully saturated rings. The van der Waals surface area contributed by atoms with Gasteiger partial charge in [0, 0.05) is 14.6 Å². The summed E-state index contributed by atoms with van der Waals surface area (Å²) in [6.07, 6.45) is -0.235. The van der Waals surface area contributed by atoms with Crippen molar-refractivity contribution in [1.29, 1.82) is 0 Å². The summed E-state index contributed by atoms with van der Waals surface area (Å²) in [5.74, 6) is 0. The van der Waals surface area contributed by atoms with E-state index in [1.165, 1.54) is 0 Å². The Balaban J connectivity index is 2.18. The van der Waals surface area contributed by atoms with E-state index in [2.05, 4.69) is 38.5 Å². The van der Waals surface area contributed by atoms with Gasteiger partial charge in [-0.1, -0.05) is 38.5 Å². The van der Waals surface area contributed by atoms with Gasteiger partial charge >= 0.3 is 6.09 Å². The summed E-state index contributed by atoms with van der Waals surface area (Å²) in [6, 6.07) is 7.64. The van der Waals surface area contributed by atoms with Crippen molar-refractivity contribution in [1.82, 2.24) is 0 Å². The number of hydrogen-bond donors (Lipinski definition) is 0. The van der Waals surface area contributed by atoms with Crippen LogP contribution < -0.4 is 4.90 Å². The maximum Gasteiger partial charge on any atom is 0.414 e. The van der Waals surface area contributed by atoms with Crippen molar-refractivity contribution in [3.8, 4) is 0 Å². The summed E-state index contributed by atoms with van der Waals surface area (Å²) in [6.45, 7) is 0.642. The normalized spacial score (nSPS) is 20.5. The molecule has 1 aromatic rings. The predicted octanol–water partition coefficient (Wildman–Crippen LogP) is 3.21. The maximum atomic E-state index is 11.5. The van der Waals surface area contributed by atoms with Crippen molar-refractivity contribution in [3.63, 3.8) is 0 Å². The molecular formula is C10H9BrINO2. The number of alkyl halides is 1. The first kappa shape index (κ1) is 11.2. The van der Waals surface area contributed by atoms with E-state index < -0.39 is 0 Å². The number of benzene rings is 1. The first-order valence-corrected chi connectivity index (χ1v) is 6.82. The van der Waals surface area contributed by atoms with E-state index in [0.29, 0.717) is 6.54 Å². The summed E-state index contributed by atoms with van der Waals surface area (Å²) in [4.78, 5) is 13.2. The van der Waals surface area contributed by atoms with E-state index in [-0.39, 0.29) is 12.2 Å². The highest BCUT2D eigenvalue weighted by Gasteiger charge is 2.31. The standard InChI is InChI=1S/C10H9BrINO2/c11-7-1-3-8(4-2-7)13-6-9(5-12)15-10(13)14/h1-4,9H,5-6H2. The molecule has 80 valence electrons. The zero-order valence-electron chi connectivity index (χ0n) is 7.82. The Labute approximate surface area is 110 Å². The first-order chi connectivity index (χ1) is 7.20. The first-order valence-electron chi connectivity index (χ1n) is 4.50. The van der Waals surface area contributed by atoms with Crippen molar-refractivity contribution in [2.24, 2.45) is 0 Å². The second kappa shape index (κ2) is 4.69. The van der Waals surface area contributed by atoms with Crippen LogP contribution in [-0.2, 0) is 4.74 Å². The molecule has 2 rings (SSSR count). The Morgan fingerprint density at radius 3 is 2.67 bits per heavy atom. The van der Waals surface area contributed by atoms with Crippen molar-refractivity contribution in [3.05, 3.63) is 28.7 Å². The number of ether oxygens (including phenoxy) is 1. The summed E-state index contributed by atoms with van der Waals surface area (Å²) >= 11 is 5.58. The molecule has 1 aliphatic rings. The van der Waals surface area contributed by atoms with Crippen LogP contribution in [0.25, 0.3) is 0 Å². The van der Waals surface area contributed by atoms with Crippen molar-refractivity contribution in [2.75, 3.05) is 15.9 Å². The summed E-state index contributed by atoms with van der Waals surface area (Å²) in [5.41, 5.74) is 0.885.